The van der Waals surface area contributed by atoms with Crippen molar-refractivity contribution < 1.29 is 4.74 Å². The quantitative estimate of drug-likeness (QED) is 0.713. The van der Waals surface area contributed by atoms with Crippen molar-refractivity contribution in [3.05, 3.63) is 65.7 Å². The first-order valence-corrected chi connectivity index (χ1v) is 8.31. The number of ether oxygens (including phenoxy) is 1. The highest BCUT2D eigenvalue weighted by Crippen LogP contribution is 2.31. The Morgan fingerprint density at radius 1 is 1.00 bits per heavy atom. The Hall–Kier alpha value is -1.80. The Balaban J connectivity index is 1.37. The average molecular weight is 295 g/mol. The molecule has 0 fully saturated rings. The molecule has 0 amide bonds. The predicted molar refractivity (Wildman–Crippen MR) is 92.5 cm³/mol. The number of nitrogens with zero attached hydrogens (tertiary/aromatic N) is 1. The molecule has 1 atom stereocenters. The third kappa shape index (κ3) is 3.69. The Bertz CT molecular complexity index is 581. The van der Waals surface area contributed by atoms with Gasteiger partial charge in [-0.2, -0.15) is 0 Å². The summed E-state index contributed by atoms with van der Waals surface area (Å²) < 4.78 is 5.84. The molecule has 2 aromatic rings. The number of benzene rings is 2. The van der Waals surface area contributed by atoms with Crippen molar-refractivity contribution >= 4 is 5.69 Å². The van der Waals surface area contributed by atoms with Crippen molar-refractivity contribution in [2.45, 2.75) is 32.2 Å². The van der Waals surface area contributed by atoms with E-state index < -0.39 is 0 Å². The second-order valence-electron chi connectivity index (χ2n) is 6.08. The molecule has 1 heterocycles. The van der Waals surface area contributed by atoms with Gasteiger partial charge in [-0.15, -0.1) is 0 Å². The number of hydrogen-bond acceptors (Lipinski definition) is 2. The van der Waals surface area contributed by atoms with E-state index in [0.717, 1.165) is 39.0 Å². The van der Waals surface area contributed by atoms with Crippen LogP contribution in [-0.2, 0) is 17.6 Å². The lowest BCUT2D eigenvalue weighted by molar-refractivity contribution is 0.137. The lowest BCUT2D eigenvalue weighted by Crippen LogP contribution is -2.32. The molecule has 0 aliphatic carbocycles. The standard InChI is InChI=1S/C20H25NO/c1-17-16-19-11-5-6-12-20(19)21(17)13-15-22-14-7-10-18-8-3-2-4-9-18/h2-6,8-9,11-12,17H,7,10,13-16H2,1H3. The van der Waals surface area contributed by atoms with Crippen LogP contribution in [0.2, 0.25) is 0 Å². The molecule has 0 spiro atoms. The van der Waals surface area contributed by atoms with Crippen LogP contribution in [0.1, 0.15) is 24.5 Å². The third-order valence-corrected chi connectivity index (χ3v) is 4.42. The van der Waals surface area contributed by atoms with Crippen molar-refractivity contribution in [3.63, 3.8) is 0 Å². The molecule has 2 heteroatoms. The Kier molecular flexibility index (Phi) is 5.12. The molecule has 116 valence electrons. The fourth-order valence-electron chi connectivity index (χ4n) is 3.26. The van der Waals surface area contributed by atoms with Crippen LogP contribution >= 0.6 is 0 Å². The zero-order valence-electron chi connectivity index (χ0n) is 13.4. The van der Waals surface area contributed by atoms with Crippen molar-refractivity contribution in [1.82, 2.24) is 0 Å². The Morgan fingerprint density at radius 3 is 2.64 bits per heavy atom. The molecular weight excluding hydrogens is 270 g/mol. The molecule has 1 unspecified atom stereocenters. The highest BCUT2D eigenvalue weighted by molar-refractivity contribution is 5.59. The lowest BCUT2D eigenvalue weighted by atomic mass is 10.1. The minimum Gasteiger partial charge on any atom is -0.380 e. The topological polar surface area (TPSA) is 12.5 Å². The maximum Gasteiger partial charge on any atom is 0.0641 e. The number of aryl methyl sites for hydroxylation is 1. The number of fused-ring (bicyclic) bond motifs is 1. The first kappa shape index (κ1) is 15.1. The van der Waals surface area contributed by atoms with Gasteiger partial charge in [0.15, 0.2) is 0 Å². The van der Waals surface area contributed by atoms with Crippen LogP contribution in [-0.4, -0.2) is 25.8 Å². The molecular formula is C20H25NO. The van der Waals surface area contributed by atoms with Gasteiger partial charge >= 0.3 is 0 Å². The van der Waals surface area contributed by atoms with Gasteiger partial charge in [0, 0.05) is 24.9 Å². The van der Waals surface area contributed by atoms with Gasteiger partial charge in [0.25, 0.3) is 0 Å². The predicted octanol–water partition coefficient (Wildman–Crippen LogP) is 4.09. The summed E-state index contributed by atoms with van der Waals surface area (Å²) in [4.78, 5) is 2.48. The molecule has 0 N–H and O–H groups in total. The summed E-state index contributed by atoms with van der Waals surface area (Å²) in [7, 11) is 0. The lowest BCUT2D eigenvalue weighted by Gasteiger charge is -2.24. The Labute approximate surface area is 133 Å². The summed E-state index contributed by atoms with van der Waals surface area (Å²) in [6, 6.07) is 20.0. The second-order valence-corrected chi connectivity index (χ2v) is 6.08. The highest BCUT2D eigenvalue weighted by Gasteiger charge is 2.24. The van der Waals surface area contributed by atoms with E-state index in [1.54, 1.807) is 0 Å². The van der Waals surface area contributed by atoms with E-state index in [1.165, 1.54) is 16.8 Å². The van der Waals surface area contributed by atoms with E-state index in [4.69, 9.17) is 4.74 Å². The number of para-hydroxylation sites is 1. The molecule has 0 bridgehead atoms. The third-order valence-electron chi connectivity index (χ3n) is 4.42. The molecule has 3 rings (SSSR count). The van der Waals surface area contributed by atoms with Crippen molar-refractivity contribution in [3.8, 4) is 0 Å². The van der Waals surface area contributed by atoms with E-state index in [-0.39, 0.29) is 0 Å². The van der Waals surface area contributed by atoms with E-state index in [9.17, 15) is 0 Å². The van der Waals surface area contributed by atoms with Gasteiger partial charge in [-0.3, -0.25) is 0 Å². The first-order chi connectivity index (χ1) is 10.8. The zero-order chi connectivity index (χ0) is 15.2. The SMILES string of the molecule is CC1Cc2ccccc2N1CCOCCCc1ccccc1. The van der Waals surface area contributed by atoms with Gasteiger partial charge in [-0.1, -0.05) is 48.5 Å². The van der Waals surface area contributed by atoms with E-state index in [2.05, 4.69) is 66.4 Å². The number of anilines is 1. The van der Waals surface area contributed by atoms with Gasteiger partial charge < -0.3 is 9.64 Å². The van der Waals surface area contributed by atoms with Gasteiger partial charge in [-0.05, 0) is 43.4 Å². The second kappa shape index (κ2) is 7.46. The molecule has 0 saturated heterocycles. The molecule has 1 aliphatic rings. The minimum atomic E-state index is 0.588. The maximum atomic E-state index is 5.84. The molecule has 2 nitrogen and oxygen atoms in total. The summed E-state index contributed by atoms with van der Waals surface area (Å²) in [5.74, 6) is 0. The molecule has 0 saturated carbocycles. The van der Waals surface area contributed by atoms with Crippen LogP contribution in [0.25, 0.3) is 0 Å². The summed E-state index contributed by atoms with van der Waals surface area (Å²) in [6.07, 6.45) is 3.35. The Morgan fingerprint density at radius 2 is 1.77 bits per heavy atom. The van der Waals surface area contributed by atoms with E-state index >= 15 is 0 Å². The van der Waals surface area contributed by atoms with Crippen molar-refractivity contribution in [2.24, 2.45) is 0 Å². The molecule has 2 aromatic carbocycles. The van der Waals surface area contributed by atoms with Crippen LogP contribution in [0.3, 0.4) is 0 Å². The average Bonchev–Trinajstić information content (AvgIpc) is 2.87. The van der Waals surface area contributed by atoms with Crippen LogP contribution in [0.5, 0.6) is 0 Å². The summed E-state index contributed by atoms with van der Waals surface area (Å²) in [5, 5.41) is 0. The first-order valence-electron chi connectivity index (χ1n) is 8.31. The van der Waals surface area contributed by atoms with Crippen LogP contribution < -0.4 is 4.90 Å². The molecule has 22 heavy (non-hydrogen) atoms. The van der Waals surface area contributed by atoms with E-state index in [0.29, 0.717) is 6.04 Å². The van der Waals surface area contributed by atoms with Gasteiger partial charge in [-0.25, -0.2) is 0 Å². The molecule has 0 radical (unpaired) electrons. The van der Waals surface area contributed by atoms with Crippen LogP contribution in [0.15, 0.2) is 54.6 Å². The molecule has 0 aromatic heterocycles. The van der Waals surface area contributed by atoms with Gasteiger partial charge in [0.1, 0.15) is 0 Å². The van der Waals surface area contributed by atoms with Gasteiger partial charge in [0.2, 0.25) is 0 Å². The van der Waals surface area contributed by atoms with Crippen molar-refractivity contribution in [1.29, 1.82) is 0 Å². The zero-order valence-corrected chi connectivity index (χ0v) is 13.4. The van der Waals surface area contributed by atoms with Crippen LogP contribution in [0, 0.1) is 0 Å². The maximum absolute atomic E-state index is 5.84. The monoisotopic (exact) mass is 295 g/mol. The van der Waals surface area contributed by atoms with Gasteiger partial charge in [0.05, 0.1) is 6.61 Å². The smallest absolute Gasteiger partial charge is 0.0641 e. The van der Waals surface area contributed by atoms with Crippen molar-refractivity contribution in [2.75, 3.05) is 24.7 Å². The largest absolute Gasteiger partial charge is 0.380 e. The fourth-order valence-corrected chi connectivity index (χ4v) is 3.26. The number of rotatable bonds is 7. The normalized spacial score (nSPS) is 16.8. The summed E-state index contributed by atoms with van der Waals surface area (Å²) >= 11 is 0. The minimum absolute atomic E-state index is 0.588. The van der Waals surface area contributed by atoms with E-state index in [1.807, 2.05) is 0 Å². The highest BCUT2D eigenvalue weighted by atomic mass is 16.5. The van der Waals surface area contributed by atoms with Crippen LogP contribution in [0.4, 0.5) is 5.69 Å². The fraction of sp³-hybridized carbons (Fsp3) is 0.400. The summed E-state index contributed by atoms with van der Waals surface area (Å²) in [6.45, 7) is 4.95. The summed E-state index contributed by atoms with van der Waals surface area (Å²) in [5.41, 5.74) is 4.26. The molecule has 1 aliphatic heterocycles. The number of hydrogen-bond donors (Lipinski definition) is 0.